The fourth-order valence-corrected chi connectivity index (χ4v) is 3.74. The zero-order chi connectivity index (χ0) is 20.9. The standard InChI is InChI=1S/C18H21FN2O6S/c1-11(18(22)20-14-7-6-13(25-2)10-16(14)27-4)21-28(23,24)17-9-12(19)5-8-15(17)26-3/h5-11,21H,1-4H3,(H,20,22). The van der Waals surface area contributed by atoms with Crippen LogP contribution < -0.4 is 24.2 Å². The number of ether oxygens (including phenoxy) is 3. The van der Waals surface area contributed by atoms with E-state index in [1.54, 1.807) is 18.2 Å². The molecule has 1 atom stereocenters. The Morgan fingerprint density at radius 1 is 1.00 bits per heavy atom. The van der Waals surface area contributed by atoms with Crippen molar-refractivity contribution in [3.8, 4) is 17.2 Å². The van der Waals surface area contributed by atoms with Gasteiger partial charge in [0.1, 0.15) is 28.0 Å². The van der Waals surface area contributed by atoms with Crippen molar-refractivity contribution in [2.45, 2.75) is 17.9 Å². The van der Waals surface area contributed by atoms with Gasteiger partial charge in [0.25, 0.3) is 0 Å². The molecule has 0 saturated carbocycles. The highest BCUT2D eigenvalue weighted by molar-refractivity contribution is 7.89. The molecule has 2 aromatic rings. The lowest BCUT2D eigenvalue weighted by atomic mass is 10.2. The van der Waals surface area contributed by atoms with Crippen LogP contribution in [0.25, 0.3) is 0 Å². The van der Waals surface area contributed by atoms with Gasteiger partial charge in [-0.15, -0.1) is 0 Å². The normalized spacial score (nSPS) is 12.2. The molecule has 0 radical (unpaired) electrons. The summed E-state index contributed by atoms with van der Waals surface area (Å²) < 4.78 is 56.0. The minimum atomic E-state index is -4.22. The molecule has 1 unspecified atom stereocenters. The van der Waals surface area contributed by atoms with Crippen molar-refractivity contribution in [2.75, 3.05) is 26.6 Å². The summed E-state index contributed by atoms with van der Waals surface area (Å²) in [6.45, 7) is 1.36. The van der Waals surface area contributed by atoms with Gasteiger partial charge in [0.05, 0.1) is 33.1 Å². The minimum absolute atomic E-state index is 0.0432. The van der Waals surface area contributed by atoms with Crippen LogP contribution in [0.1, 0.15) is 6.92 Å². The number of carbonyl (C=O) groups excluding carboxylic acids is 1. The Kier molecular flexibility index (Phi) is 6.81. The van der Waals surface area contributed by atoms with Crippen molar-refractivity contribution in [1.29, 1.82) is 0 Å². The predicted octanol–water partition coefficient (Wildman–Crippen LogP) is 2.16. The summed E-state index contributed by atoms with van der Waals surface area (Å²) in [6.07, 6.45) is 0. The van der Waals surface area contributed by atoms with Gasteiger partial charge < -0.3 is 19.5 Å². The summed E-state index contributed by atoms with van der Waals surface area (Å²) >= 11 is 0. The second-order valence-corrected chi connectivity index (χ2v) is 7.38. The van der Waals surface area contributed by atoms with Gasteiger partial charge in [-0.3, -0.25) is 4.79 Å². The molecule has 0 saturated heterocycles. The van der Waals surface area contributed by atoms with E-state index in [2.05, 4.69) is 10.0 Å². The summed E-state index contributed by atoms with van der Waals surface area (Å²) in [6, 6.07) is 6.67. The zero-order valence-electron chi connectivity index (χ0n) is 15.8. The second-order valence-electron chi connectivity index (χ2n) is 5.69. The quantitative estimate of drug-likeness (QED) is 0.689. The molecule has 0 aliphatic heterocycles. The highest BCUT2D eigenvalue weighted by Gasteiger charge is 2.26. The van der Waals surface area contributed by atoms with Gasteiger partial charge in [0.2, 0.25) is 15.9 Å². The van der Waals surface area contributed by atoms with Crippen LogP contribution >= 0.6 is 0 Å². The Hall–Kier alpha value is -2.85. The molecule has 2 rings (SSSR count). The fourth-order valence-electron chi connectivity index (χ4n) is 2.35. The number of nitrogens with one attached hydrogen (secondary N) is 2. The number of hydrogen-bond donors (Lipinski definition) is 2. The maximum absolute atomic E-state index is 13.5. The molecule has 2 aromatic carbocycles. The molecule has 0 spiro atoms. The smallest absolute Gasteiger partial charge is 0.245 e. The van der Waals surface area contributed by atoms with Gasteiger partial charge in [-0.05, 0) is 37.3 Å². The van der Waals surface area contributed by atoms with Crippen LogP contribution in [0.2, 0.25) is 0 Å². The van der Waals surface area contributed by atoms with Gasteiger partial charge in [0.15, 0.2) is 0 Å². The van der Waals surface area contributed by atoms with E-state index >= 15 is 0 Å². The number of hydrogen-bond acceptors (Lipinski definition) is 6. The Labute approximate surface area is 162 Å². The van der Waals surface area contributed by atoms with Crippen LogP contribution in [0.5, 0.6) is 17.2 Å². The number of amides is 1. The molecule has 2 N–H and O–H groups in total. The highest BCUT2D eigenvalue weighted by Crippen LogP contribution is 2.29. The summed E-state index contributed by atoms with van der Waals surface area (Å²) in [5.74, 6) is -0.557. The first-order chi connectivity index (χ1) is 13.2. The number of halogens is 1. The predicted molar refractivity (Wildman–Crippen MR) is 101 cm³/mol. The average Bonchev–Trinajstić information content (AvgIpc) is 2.67. The minimum Gasteiger partial charge on any atom is -0.497 e. The zero-order valence-corrected chi connectivity index (χ0v) is 16.6. The molecule has 1 amide bonds. The largest absolute Gasteiger partial charge is 0.497 e. The maximum Gasteiger partial charge on any atom is 0.245 e. The summed E-state index contributed by atoms with van der Waals surface area (Å²) in [4.78, 5) is 12.0. The molecule has 152 valence electrons. The van der Waals surface area contributed by atoms with E-state index in [9.17, 15) is 17.6 Å². The third-order valence-electron chi connectivity index (χ3n) is 3.81. The number of benzene rings is 2. The molecule has 0 bridgehead atoms. The number of methoxy groups -OCH3 is 3. The first-order valence-electron chi connectivity index (χ1n) is 8.10. The van der Waals surface area contributed by atoms with Crippen LogP contribution in [-0.2, 0) is 14.8 Å². The van der Waals surface area contributed by atoms with Gasteiger partial charge in [-0.1, -0.05) is 0 Å². The lowest BCUT2D eigenvalue weighted by Gasteiger charge is -2.17. The van der Waals surface area contributed by atoms with Gasteiger partial charge in [-0.25, -0.2) is 12.8 Å². The third kappa shape index (κ3) is 4.90. The molecule has 0 aliphatic rings. The number of anilines is 1. The summed E-state index contributed by atoms with van der Waals surface area (Å²) in [7, 11) is -0.0392. The van der Waals surface area contributed by atoms with Crippen LogP contribution in [-0.4, -0.2) is 41.7 Å². The molecule has 0 aliphatic carbocycles. The van der Waals surface area contributed by atoms with Gasteiger partial charge in [0, 0.05) is 6.07 Å². The molecule has 10 heteroatoms. The Morgan fingerprint density at radius 3 is 2.29 bits per heavy atom. The van der Waals surface area contributed by atoms with Crippen molar-refractivity contribution in [2.24, 2.45) is 0 Å². The van der Waals surface area contributed by atoms with Gasteiger partial charge in [-0.2, -0.15) is 4.72 Å². The van der Waals surface area contributed by atoms with Crippen LogP contribution in [0, 0.1) is 5.82 Å². The van der Waals surface area contributed by atoms with Crippen LogP contribution in [0.15, 0.2) is 41.3 Å². The number of carbonyl (C=O) groups is 1. The van der Waals surface area contributed by atoms with E-state index in [1.165, 1.54) is 34.3 Å². The summed E-state index contributed by atoms with van der Waals surface area (Å²) in [5.41, 5.74) is 0.336. The Morgan fingerprint density at radius 2 is 1.68 bits per heavy atom. The lowest BCUT2D eigenvalue weighted by molar-refractivity contribution is -0.117. The molecule has 0 aromatic heterocycles. The van der Waals surface area contributed by atoms with Crippen LogP contribution in [0.4, 0.5) is 10.1 Å². The van der Waals surface area contributed by atoms with E-state index in [-0.39, 0.29) is 5.75 Å². The monoisotopic (exact) mass is 412 g/mol. The Balaban J connectivity index is 2.19. The molecule has 0 heterocycles. The van der Waals surface area contributed by atoms with Crippen LogP contribution in [0.3, 0.4) is 0 Å². The lowest BCUT2D eigenvalue weighted by Crippen LogP contribution is -2.41. The van der Waals surface area contributed by atoms with Crippen molar-refractivity contribution in [3.63, 3.8) is 0 Å². The van der Waals surface area contributed by atoms with Gasteiger partial charge >= 0.3 is 0 Å². The van der Waals surface area contributed by atoms with E-state index in [0.717, 1.165) is 12.1 Å². The third-order valence-corrected chi connectivity index (χ3v) is 5.37. The molecule has 0 fully saturated rings. The first kappa shape index (κ1) is 21.5. The number of rotatable bonds is 8. The maximum atomic E-state index is 13.5. The average molecular weight is 412 g/mol. The molecular weight excluding hydrogens is 391 g/mol. The highest BCUT2D eigenvalue weighted by atomic mass is 32.2. The SMILES string of the molecule is COc1ccc(NC(=O)C(C)NS(=O)(=O)c2cc(F)ccc2OC)c(OC)c1. The Bertz CT molecular complexity index is 965. The molecule has 8 nitrogen and oxygen atoms in total. The van der Waals surface area contributed by atoms with Crippen molar-refractivity contribution >= 4 is 21.6 Å². The molecular formula is C18H21FN2O6S. The van der Waals surface area contributed by atoms with Crippen molar-refractivity contribution < 1.29 is 31.8 Å². The first-order valence-corrected chi connectivity index (χ1v) is 9.59. The fraction of sp³-hybridized carbons (Fsp3) is 0.278. The van der Waals surface area contributed by atoms with Crippen molar-refractivity contribution in [3.05, 3.63) is 42.2 Å². The topological polar surface area (TPSA) is 103 Å². The second kappa shape index (κ2) is 8.89. The van der Waals surface area contributed by atoms with E-state index in [0.29, 0.717) is 17.2 Å². The van der Waals surface area contributed by atoms with Crippen molar-refractivity contribution in [1.82, 2.24) is 4.72 Å². The number of sulfonamides is 1. The van der Waals surface area contributed by atoms with E-state index < -0.39 is 32.7 Å². The van der Waals surface area contributed by atoms with E-state index in [1.807, 2.05) is 0 Å². The van der Waals surface area contributed by atoms with E-state index in [4.69, 9.17) is 14.2 Å². The molecule has 28 heavy (non-hydrogen) atoms. The summed E-state index contributed by atoms with van der Waals surface area (Å²) in [5, 5.41) is 2.57.